The largest absolute Gasteiger partial charge is 0.489 e. The smallest absolute Gasteiger partial charge is 0.338 e. The Morgan fingerprint density at radius 3 is 2.51 bits per heavy atom. The van der Waals surface area contributed by atoms with Crippen LogP contribution in [0.5, 0.6) is 5.75 Å². The fourth-order valence-electron chi connectivity index (χ4n) is 4.44. The zero-order chi connectivity index (χ0) is 27.4. The summed E-state index contributed by atoms with van der Waals surface area (Å²) in [5.74, 6) is 0.121. The number of benzene rings is 3. The van der Waals surface area contributed by atoms with E-state index in [9.17, 15) is 9.59 Å². The number of aromatic nitrogens is 1. The Bertz CT molecular complexity index is 1740. The minimum absolute atomic E-state index is 0.201. The number of carbonyl (C=O) groups is 1. The molecule has 0 fully saturated rings. The molecular weight excluding hydrogens is 576 g/mol. The van der Waals surface area contributed by atoms with Crippen LogP contribution in [-0.4, -0.2) is 23.8 Å². The van der Waals surface area contributed by atoms with Crippen molar-refractivity contribution in [1.29, 1.82) is 0 Å². The van der Waals surface area contributed by atoms with Crippen LogP contribution in [0.1, 0.15) is 29.7 Å². The Morgan fingerprint density at radius 2 is 1.82 bits per heavy atom. The molecule has 3 aromatic carbocycles. The van der Waals surface area contributed by atoms with Crippen molar-refractivity contribution < 1.29 is 14.3 Å². The van der Waals surface area contributed by atoms with Gasteiger partial charge in [0.25, 0.3) is 5.56 Å². The number of nitrogens with zero attached hydrogens (tertiary/aromatic N) is 2. The van der Waals surface area contributed by atoms with E-state index in [-0.39, 0.29) is 12.2 Å². The highest BCUT2D eigenvalue weighted by molar-refractivity contribution is 9.10. The normalized spacial score (nSPS) is 14.9. The maximum atomic E-state index is 14.0. The SMILES string of the molecule is C=CCOc1ccc(Br)cc1/C=c1\sc2n(c1=O)[C@@H](c1ccccc1)C(C(=O)OCC)=C(c1ccccc1)N=2. The lowest BCUT2D eigenvalue weighted by Crippen LogP contribution is -2.40. The Balaban J connectivity index is 1.80. The van der Waals surface area contributed by atoms with E-state index in [1.807, 2.05) is 78.9 Å². The van der Waals surface area contributed by atoms with Crippen molar-refractivity contribution in [3.05, 3.63) is 138 Å². The first-order valence-electron chi connectivity index (χ1n) is 12.4. The fraction of sp³-hybridized carbons (Fsp3) is 0.129. The van der Waals surface area contributed by atoms with Crippen molar-refractivity contribution >= 4 is 45.0 Å². The number of halogens is 1. The zero-order valence-corrected chi connectivity index (χ0v) is 23.6. The van der Waals surface area contributed by atoms with Gasteiger partial charge in [-0.2, -0.15) is 0 Å². The summed E-state index contributed by atoms with van der Waals surface area (Å²) in [7, 11) is 0. The number of carbonyl (C=O) groups excluding carboxylic acids is 1. The van der Waals surface area contributed by atoms with E-state index in [0.29, 0.717) is 33.0 Å². The molecule has 0 bridgehead atoms. The third-order valence-electron chi connectivity index (χ3n) is 6.10. The van der Waals surface area contributed by atoms with Crippen molar-refractivity contribution in [2.24, 2.45) is 4.99 Å². The predicted molar refractivity (Wildman–Crippen MR) is 157 cm³/mol. The molecule has 8 heteroatoms. The van der Waals surface area contributed by atoms with Gasteiger partial charge in [0.1, 0.15) is 12.4 Å². The van der Waals surface area contributed by atoms with Crippen LogP contribution >= 0.6 is 27.3 Å². The molecule has 1 aromatic heterocycles. The van der Waals surface area contributed by atoms with E-state index in [2.05, 4.69) is 22.5 Å². The first-order valence-corrected chi connectivity index (χ1v) is 14.0. The predicted octanol–water partition coefficient (Wildman–Crippen LogP) is 5.26. The van der Waals surface area contributed by atoms with E-state index < -0.39 is 12.0 Å². The summed E-state index contributed by atoms with van der Waals surface area (Å²) in [6.45, 7) is 6.01. The van der Waals surface area contributed by atoms with Crippen LogP contribution in [0, 0.1) is 0 Å². The fourth-order valence-corrected chi connectivity index (χ4v) is 5.82. The van der Waals surface area contributed by atoms with Gasteiger partial charge in [0.05, 0.1) is 28.5 Å². The van der Waals surface area contributed by atoms with E-state index in [4.69, 9.17) is 14.5 Å². The third kappa shape index (κ3) is 5.44. The van der Waals surface area contributed by atoms with Gasteiger partial charge in [0, 0.05) is 15.6 Å². The zero-order valence-electron chi connectivity index (χ0n) is 21.2. The molecule has 0 unspecified atom stereocenters. The van der Waals surface area contributed by atoms with Gasteiger partial charge in [-0.1, -0.05) is 101 Å². The van der Waals surface area contributed by atoms with Crippen LogP contribution in [0.2, 0.25) is 0 Å². The number of ether oxygens (including phenoxy) is 2. The van der Waals surface area contributed by atoms with Crippen molar-refractivity contribution in [3.63, 3.8) is 0 Å². The average Bonchev–Trinajstić information content (AvgIpc) is 3.27. The average molecular weight is 602 g/mol. The molecule has 39 heavy (non-hydrogen) atoms. The van der Waals surface area contributed by atoms with Crippen LogP contribution in [0.3, 0.4) is 0 Å². The lowest BCUT2D eigenvalue weighted by atomic mass is 9.93. The minimum atomic E-state index is -0.710. The molecular formula is C31H25BrN2O4S. The highest BCUT2D eigenvalue weighted by atomic mass is 79.9. The van der Waals surface area contributed by atoms with Gasteiger partial charge in [-0.25, -0.2) is 9.79 Å². The summed E-state index contributed by atoms with van der Waals surface area (Å²) in [6, 6.07) is 23.9. The number of fused-ring (bicyclic) bond motifs is 1. The van der Waals surface area contributed by atoms with Crippen LogP contribution in [-0.2, 0) is 9.53 Å². The summed E-state index contributed by atoms with van der Waals surface area (Å²) in [6.07, 6.45) is 3.47. The summed E-state index contributed by atoms with van der Waals surface area (Å²) in [5, 5.41) is 0. The minimum Gasteiger partial charge on any atom is -0.489 e. The molecule has 0 saturated carbocycles. The molecule has 2 heterocycles. The second-order valence-corrected chi connectivity index (χ2v) is 10.5. The van der Waals surface area contributed by atoms with Crippen LogP contribution in [0.4, 0.5) is 0 Å². The maximum Gasteiger partial charge on any atom is 0.338 e. The summed E-state index contributed by atoms with van der Waals surface area (Å²) in [5.41, 5.74) is 2.86. The maximum absolute atomic E-state index is 14.0. The molecule has 4 aromatic rings. The first-order chi connectivity index (χ1) is 19.0. The second kappa shape index (κ2) is 11.8. The second-order valence-electron chi connectivity index (χ2n) is 8.62. The van der Waals surface area contributed by atoms with E-state index in [1.165, 1.54) is 11.3 Å². The molecule has 1 atom stereocenters. The van der Waals surface area contributed by atoms with Crippen molar-refractivity contribution in [1.82, 2.24) is 4.57 Å². The van der Waals surface area contributed by atoms with Crippen LogP contribution in [0.15, 0.2) is 111 Å². The topological polar surface area (TPSA) is 69.9 Å². The molecule has 0 aliphatic carbocycles. The van der Waals surface area contributed by atoms with Gasteiger partial charge in [-0.15, -0.1) is 0 Å². The van der Waals surface area contributed by atoms with Gasteiger partial charge in [0.15, 0.2) is 4.80 Å². The van der Waals surface area contributed by atoms with Crippen molar-refractivity contribution in [3.8, 4) is 5.75 Å². The van der Waals surface area contributed by atoms with E-state index in [1.54, 1.807) is 23.6 Å². The quantitative estimate of drug-likeness (QED) is 0.204. The molecule has 1 aliphatic heterocycles. The van der Waals surface area contributed by atoms with Gasteiger partial charge in [-0.05, 0) is 36.8 Å². The number of hydrogen-bond donors (Lipinski definition) is 0. The third-order valence-corrected chi connectivity index (χ3v) is 7.58. The highest BCUT2D eigenvalue weighted by Crippen LogP contribution is 2.35. The standard InChI is InChI=1S/C31H25BrN2O4S/c1-3-17-38-24-16-15-23(32)18-22(24)19-25-29(35)34-28(21-13-9-6-10-14-21)26(30(36)37-4-2)27(33-31(34)39-25)20-11-7-5-8-12-20/h3,5-16,18-19,28H,1,4,17H2,2H3/b25-19-/t28-/m0/s1. The Morgan fingerprint density at radius 1 is 1.10 bits per heavy atom. The summed E-state index contributed by atoms with van der Waals surface area (Å²) in [4.78, 5) is 32.9. The first kappa shape index (κ1) is 26.6. The molecule has 0 spiro atoms. The van der Waals surface area contributed by atoms with Crippen LogP contribution < -0.4 is 19.6 Å². The molecule has 0 amide bonds. The highest BCUT2D eigenvalue weighted by Gasteiger charge is 2.35. The lowest BCUT2D eigenvalue weighted by molar-refractivity contribution is -0.138. The van der Waals surface area contributed by atoms with Gasteiger partial charge in [0.2, 0.25) is 0 Å². The van der Waals surface area contributed by atoms with Crippen molar-refractivity contribution in [2.45, 2.75) is 13.0 Å². The molecule has 0 saturated heterocycles. The monoisotopic (exact) mass is 600 g/mol. The van der Waals surface area contributed by atoms with Crippen molar-refractivity contribution in [2.75, 3.05) is 13.2 Å². The Hall–Kier alpha value is -4.01. The van der Waals surface area contributed by atoms with Crippen LogP contribution in [0.25, 0.3) is 11.8 Å². The number of esters is 1. The molecule has 1 aliphatic rings. The molecule has 0 N–H and O–H groups in total. The van der Waals surface area contributed by atoms with Gasteiger partial charge >= 0.3 is 5.97 Å². The Kier molecular flexibility index (Phi) is 8.05. The van der Waals surface area contributed by atoms with E-state index >= 15 is 0 Å². The molecule has 196 valence electrons. The number of thiazole rings is 1. The summed E-state index contributed by atoms with van der Waals surface area (Å²) < 4.78 is 14.2. The van der Waals surface area contributed by atoms with Gasteiger partial charge in [-0.3, -0.25) is 9.36 Å². The Labute approximate surface area is 238 Å². The molecule has 0 radical (unpaired) electrons. The van der Waals surface area contributed by atoms with E-state index in [0.717, 1.165) is 21.2 Å². The summed E-state index contributed by atoms with van der Waals surface area (Å²) >= 11 is 4.78. The molecule has 6 nitrogen and oxygen atoms in total. The lowest BCUT2D eigenvalue weighted by Gasteiger charge is -2.25. The molecule has 5 rings (SSSR count). The number of hydrogen-bond acceptors (Lipinski definition) is 6. The van der Waals surface area contributed by atoms with Gasteiger partial charge < -0.3 is 9.47 Å². The number of rotatable bonds is 8.